The first kappa shape index (κ1) is 23.5. The molecular weight excluding hydrogens is 424 g/mol. The van der Waals surface area contributed by atoms with Gasteiger partial charge in [-0.2, -0.15) is 0 Å². The number of ether oxygens (including phenoxy) is 2. The molecule has 0 heterocycles. The molecule has 10 nitrogen and oxygen atoms in total. The normalized spacial score (nSPS) is 27.5. The maximum Gasteiger partial charge on any atom is 0.310 e. The van der Waals surface area contributed by atoms with Gasteiger partial charge in [0.1, 0.15) is 35.9 Å². The van der Waals surface area contributed by atoms with Gasteiger partial charge >= 0.3 is 11.9 Å². The van der Waals surface area contributed by atoms with Crippen LogP contribution in [0.2, 0.25) is 0 Å². The highest BCUT2D eigenvalue weighted by atomic mass is 16.6. The number of aliphatic hydroxyl groups excluding tert-OH is 4. The molecule has 1 aliphatic rings. The maximum atomic E-state index is 12.2. The largest absolute Gasteiger partial charge is 0.508 e. The van der Waals surface area contributed by atoms with Crippen LogP contribution in [0.5, 0.6) is 11.5 Å². The van der Waals surface area contributed by atoms with Gasteiger partial charge in [0.15, 0.2) is 12.2 Å². The van der Waals surface area contributed by atoms with Crippen molar-refractivity contribution < 1.29 is 49.7 Å². The van der Waals surface area contributed by atoms with Crippen molar-refractivity contribution in [1.29, 1.82) is 0 Å². The van der Waals surface area contributed by atoms with Gasteiger partial charge in [0.2, 0.25) is 0 Å². The van der Waals surface area contributed by atoms with Gasteiger partial charge in [0.25, 0.3) is 0 Å². The summed E-state index contributed by atoms with van der Waals surface area (Å²) in [4.78, 5) is 24.4. The van der Waals surface area contributed by atoms with Crippen molar-refractivity contribution in [3.8, 4) is 11.5 Å². The van der Waals surface area contributed by atoms with Crippen LogP contribution in [0.3, 0.4) is 0 Å². The molecule has 0 aromatic heterocycles. The highest BCUT2D eigenvalue weighted by molar-refractivity contribution is 5.73. The Kier molecular flexibility index (Phi) is 7.31. The van der Waals surface area contributed by atoms with Crippen LogP contribution >= 0.6 is 0 Å². The number of phenolic OH excluding ortho intramolecular Hbond substituents is 2. The van der Waals surface area contributed by atoms with E-state index in [0.29, 0.717) is 11.1 Å². The lowest BCUT2D eigenvalue weighted by atomic mass is 9.84. The third-order valence-corrected chi connectivity index (χ3v) is 5.15. The third kappa shape index (κ3) is 5.54. The number of carbonyl (C=O) groups is 2. The highest BCUT2D eigenvalue weighted by Gasteiger charge is 2.52. The average Bonchev–Trinajstić information content (AvgIpc) is 2.76. The predicted molar refractivity (Wildman–Crippen MR) is 107 cm³/mol. The number of benzene rings is 2. The summed E-state index contributed by atoms with van der Waals surface area (Å²) in [6.07, 6.45) is -11.1. The summed E-state index contributed by atoms with van der Waals surface area (Å²) in [5.41, 5.74) is 0.990. The molecule has 6 N–H and O–H groups in total. The number of phenols is 2. The highest BCUT2D eigenvalue weighted by Crippen LogP contribution is 2.27. The molecular formula is C22H24O10. The van der Waals surface area contributed by atoms with Gasteiger partial charge < -0.3 is 40.1 Å². The molecule has 1 saturated carbocycles. The summed E-state index contributed by atoms with van der Waals surface area (Å²) >= 11 is 0. The van der Waals surface area contributed by atoms with Crippen LogP contribution in [0, 0.1) is 0 Å². The van der Waals surface area contributed by atoms with Gasteiger partial charge in [-0.3, -0.25) is 9.59 Å². The van der Waals surface area contributed by atoms with Crippen LogP contribution < -0.4 is 0 Å². The van der Waals surface area contributed by atoms with E-state index in [1.54, 1.807) is 0 Å². The SMILES string of the molecule is O=C(Cc1ccc(O)cc1)OC1[C@@H](O)[C@@H](O)C(OC(=O)Cc2ccc(O)cc2)[C@H](O)[C@@H]1O. The number of hydrogen-bond acceptors (Lipinski definition) is 10. The predicted octanol–water partition coefficient (Wildman–Crippen LogP) is -0.836. The van der Waals surface area contributed by atoms with E-state index in [2.05, 4.69) is 0 Å². The second kappa shape index (κ2) is 9.96. The van der Waals surface area contributed by atoms with Gasteiger partial charge in [-0.05, 0) is 35.4 Å². The van der Waals surface area contributed by atoms with E-state index in [9.17, 15) is 40.2 Å². The fourth-order valence-electron chi connectivity index (χ4n) is 3.41. The number of aromatic hydroxyl groups is 2. The van der Waals surface area contributed by atoms with Crippen LogP contribution in [0.25, 0.3) is 0 Å². The lowest BCUT2D eigenvalue weighted by molar-refractivity contribution is -0.240. The summed E-state index contributed by atoms with van der Waals surface area (Å²) in [5.74, 6) is -1.67. The van der Waals surface area contributed by atoms with Crippen molar-refractivity contribution in [3.05, 3.63) is 59.7 Å². The van der Waals surface area contributed by atoms with Crippen LogP contribution in [-0.4, -0.2) is 79.2 Å². The standard InChI is InChI=1S/C22H24O10/c23-13-5-1-11(2-6-13)9-15(25)31-21-17(27)19(29)22(20(30)18(21)28)32-16(26)10-12-3-7-14(24)8-4-12/h1-8,17-24,27-30H,9-10H2/t17-,18-,19+,20+,21?,22?. The molecule has 0 aliphatic heterocycles. The van der Waals surface area contributed by atoms with Gasteiger partial charge in [-0.25, -0.2) is 0 Å². The molecule has 32 heavy (non-hydrogen) atoms. The fourth-order valence-corrected chi connectivity index (χ4v) is 3.41. The zero-order valence-corrected chi connectivity index (χ0v) is 16.8. The minimum absolute atomic E-state index is 0.0116. The van der Waals surface area contributed by atoms with E-state index < -0.39 is 48.6 Å². The van der Waals surface area contributed by atoms with Crippen LogP contribution in [0.1, 0.15) is 11.1 Å². The number of carbonyl (C=O) groups excluding carboxylic acids is 2. The van der Waals surface area contributed by atoms with E-state index in [4.69, 9.17) is 9.47 Å². The summed E-state index contributed by atoms with van der Waals surface area (Å²) in [5, 5.41) is 59.9. The monoisotopic (exact) mass is 448 g/mol. The minimum Gasteiger partial charge on any atom is -0.508 e. The summed E-state index contributed by atoms with van der Waals surface area (Å²) in [6.45, 7) is 0. The minimum atomic E-state index is -1.83. The zero-order chi connectivity index (χ0) is 23.4. The number of rotatable bonds is 6. The molecule has 4 atom stereocenters. The topological polar surface area (TPSA) is 174 Å². The van der Waals surface area contributed by atoms with Crippen LogP contribution in [-0.2, 0) is 31.9 Å². The van der Waals surface area contributed by atoms with Crippen molar-refractivity contribution in [2.75, 3.05) is 0 Å². The maximum absolute atomic E-state index is 12.2. The molecule has 1 aliphatic carbocycles. The first-order chi connectivity index (χ1) is 15.2. The molecule has 0 bridgehead atoms. The molecule has 10 heteroatoms. The van der Waals surface area contributed by atoms with Crippen LogP contribution in [0.15, 0.2) is 48.5 Å². The van der Waals surface area contributed by atoms with Crippen molar-refractivity contribution in [1.82, 2.24) is 0 Å². The Bertz CT molecular complexity index is 833. The lowest BCUT2D eigenvalue weighted by Gasteiger charge is -2.42. The van der Waals surface area contributed by atoms with Crippen molar-refractivity contribution in [2.24, 2.45) is 0 Å². The summed E-state index contributed by atoms with van der Waals surface area (Å²) in [7, 11) is 0. The molecule has 0 spiro atoms. The van der Waals surface area contributed by atoms with Gasteiger partial charge in [0, 0.05) is 0 Å². The van der Waals surface area contributed by atoms with E-state index in [-0.39, 0.29) is 24.3 Å². The molecule has 2 aromatic carbocycles. The van der Waals surface area contributed by atoms with Gasteiger partial charge in [0.05, 0.1) is 12.8 Å². The van der Waals surface area contributed by atoms with Gasteiger partial charge in [-0.1, -0.05) is 24.3 Å². The average molecular weight is 448 g/mol. The Morgan fingerprint density at radius 2 is 0.875 bits per heavy atom. The van der Waals surface area contributed by atoms with Crippen molar-refractivity contribution in [3.63, 3.8) is 0 Å². The molecule has 172 valence electrons. The Labute approximate surface area is 182 Å². The summed E-state index contributed by atoms with van der Waals surface area (Å²) < 4.78 is 10.1. The molecule has 3 rings (SSSR count). The van der Waals surface area contributed by atoms with E-state index >= 15 is 0 Å². The Morgan fingerprint density at radius 3 is 1.16 bits per heavy atom. The molecule has 0 unspecified atom stereocenters. The Morgan fingerprint density at radius 1 is 0.594 bits per heavy atom. The smallest absolute Gasteiger partial charge is 0.310 e. The summed E-state index contributed by atoms with van der Waals surface area (Å²) in [6, 6.07) is 11.4. The molecule has 1 fully saturated rings. The van der Waals surface area contributed by atoms with Crippen LogP contribution in [0.4, 0.5) is 0 Å². The van der Waals surface area contributed by atoms with E-state index in [0.717, 1.165) is 0 Å². The fraction of sp³-hybridized carbons (Fsp3) is 0.364. The lowest BCUT2D eigenvalue weighted by Crippen LogP contribution is -2.65. The van der Waals surface area contributed by atoms with Crippen molar-refractivity contribution in [2.45, 2.75) is 49.5 Å². The number of esters is 2. The molecule has 2 aromatic rings. The number of hydrogen-bond donors (Lipinski definition) is 6. The second-order valence-corrected chi connectivity index (χ2v) is 7.56. The first-order valence-corrected chi connectivity index (χ1v) is 9.82. The first-order valence-electron chi connectivity index (χ1n) is 9.82. The number of aliphatic hydroxyl groups is 4. The van der Waals surface area contributed by atoms with Crippen molar-refractivity contribution >= 4 is 11.9 Å². The molecule has 0 radical (unpaired) electrons. The zero-order valence-electron chi connectivity index (χ0n) is 16.8. The quantitative estimate of drug-likeness (QED) is 0.306. The Hall–Kier alpha value is -3.18. The Balaban J connectivity index is 1.61. The van der Waals surface area contributed by atoms with E-state index in [1.165, 1.54) is 48.5 Å². The second-order valence-electron chi connectivity index (χ2n) is 7.56. The third-order valence-electron chi connectivity index (χ3n) is 5.15. The molecule has 0 amide bonds. The molecule has 0 saturated heterocycles. The van der Waals surface area contributed by atoms with E-state index in [1.807, 2.05) is 0 Å². The van der Waals surface area contributed by atoms with Gasteiger partial charge in [-0.15, -0.1) is 0 Å².